The number of nitrogens with zero attached hydrogens (tertiary/aromatic N) is 3. The fourth-order valence-corrected chi connectivity index (χ4v) is 5.51. The van der Waals surface area contributed by atoms with E-state index in [9.17, 15) is 5.11 Å². The second-order valence-electron chi connectivity index (χ2n) is 6.70. The molecule has 2 fully saturated rings. The van der Waals surface area contributed by atoms with Crippen LogP contribution in [-0.4, -0.2) is 51.5 Å². The normalized spacial score (nSPS) is 28.4. The van der Waals surface area contributed by atoms with Crippen LogP contribution >= 0.6 is 46.3 Å². The summed E-state index contributed by atoms with van der Waals surface area (Å²) in [5.74, 6) is 6.25. The summed E-state index contributed by atoms with van der Waals surface area (Å²) in [5.41, 5.74) is 6.19. The van der Waals surface area contributed by atoms with Crippen molar-refractivity contribution in [1.82, 2.24) is 9.99 Å². The molecule has 0 saturated carbocycles. The third kappa shape index (κ3) is 4.26. The molecule has 0 amide bonds. The van der Waals surface area contributed by atoms with Crippen molar-refractivity contribution in [3.05, 3.63) is 50.5 Å². The molecule has 1 aromatic carbocycles. The fourth-order valence-electron chi connectivity index (χ4n) is 3.26. The topological polar surface area (TPSA) is 131 Å². The molecule has 5 atom stereocenters. The highest BCUT2D eigenvalue weighted by atomic mass is 35.5. The number of hydrazine groups is 1. The summed E-state index contributed by atoms with van der Waals surface area (Å²) in [7, 11) is 0. The Morgan fingerprint density at radius 1 is 1.47 bits per heavy atom. The van der Waals surface area contributed by atoms with Crippen molar-refractivity contribution in [1.29, 1.82) is 5.26 Å². The number of benzene rings is 1. The molecule has 2 aliphatic heterocycles. The largest absolute Gasteiger partial charge is 0.395 e. The van der Waals surface area contributed by atoms with Gasteiger partial charge in [-0.05, 0) is 18.2 Å². The Labute approximate surface area is 190 Å². The number of halogens is 2. The van der Waals surface area contributed by atoms with Gasteiger partial charge in [-0.1, -0.05) is 35.0 Å². The van der Waals surface area contributed by atoms with Crippen molar-refractivity contribution in [3.63, 3.8) is 0 Å². The second kappa shape index (κ2) is 8.90. The van der Waals surface area contributed by atoms with Gasteiger partial charge in [0.05, 0.1) is 22.9 Å². The lowest BCUT2D eigenvalue weighted by atomic mass is 9.93. The SMILES string of the molecule is N#Cc1ccc(SC2OC3COC3C(N(N)/C=C(\N)c3nc(Cl)cs3)C2O)cc1Cl. The molecule has 0 bridgehead atoms. The Hall–Kier alpha value is -1.55. The number of hydrogen-bond donors (Lipinski definition) is 3. The number of thiazole rings is 1. The number of rotatable bonds is 5. The average molecular weight is 486 g/mol. The molecule has 2 aromatic rings. The van der Waals surface area contributed by atoms with E-state index in [-0.39, 0.29) is 6.10 Å². The molecule has 12 heteroatoms. The number of fused-ring (bicyclic) bond motifs is 1. The summed E-state index contributed by atoms with van der Waals surface area (Å²) >= 11 is 14.6. The Morgan fingerprint density at radius 2 is 2.27 bits per heavy atom. The molecule has 0 spiro atoms. The van der Waals surface area contributed by atoms with E-state index in [1.165, 1.54) is 34.3 Å². The second-order valence-corrected chi connectivity index (χ2v) is 9.52. The number of nitriles is 1. The Kier molecular flexibility index (Phi) is 6.43. The number of aliphatic hydroxyl groups is 1. The molecular formula is C18H17Cl2N5O3S2. The average Bonchev–Trinajstić information content (AvgIpc) is 3.13. The lowest BCUT2D eigenvalue weighted by Gasteiger charge is -2.52. The van der Waals surface area contributed by atoms with Crippen molar-refractivity contribution < 1.29 is 14.6 Å². The highest BCUT2D eigenvalue weighted by Crippen LogP contribution is 2.40. The summed E-state index contributed by atoms with van der Waals surface area (Å²) in [6.45, 7) is 0.411. The van der Waals surface area contributed by atoms with Crippen LogP contribution in [0.15, 0.2) is 34.7 Å². The molecule has 2 aliphatic rings. The molecule has 5 N–H and O–H groups in total. The maximum atomic E-state index is 11.0. The molecule has 5 unspecified atom stereocenters. The lowest BCUT2D eigenvalue weighted by Crippen LogP contribution is -2.69. The minimum atomic E-state index is -0.986. The molecule has 3 heterocycles. The smallest absolute Gasteiger partial charge is 0.142 e. The molecule has 1 aromatic heterocycles. The predicted octanol–water partition coefficient (Wildman–Crippen LogP) is 2.40. The lowest BCUT2D eigenvalue weighted by molar-refractivity contribution is -0.269. The van der Waals surface area contributed by atoms with Gasteiger partial charge >= 0.3 is 0 Å². The summed E-state index contributed by atoms with van der Waals surface area (Å²) in [4.78, 5) is 4.88. The van der Waals surface area contributed by atoms with Crippen LogP contribution in [0.4, 0.5) is 0 Å². The summed E-state index contributed by atoms with van der Waals surface area (Å²) < 4.78 is 11.6. The van der Waals surface area contributed by atoms with Crippen LogP contribution in [0.25, 0.3) is 5.70 Å². The quantitative estimate of drug-likeness (QED) is 0.431. The van der Waals surface area contributed by atoms with Crippen LogP contribution in [0.3, 0.4) is 0 Å². The van der Waals surface area contributed by atoms with Crippen LogP contribution in [0.5, 0.6) is 0 Å². The number of hydrogen-bond acceptors (Lipinski definition) is 10. The zero-order valence-corrected chi connectivity index (χ0v) is 18.5. The highest BCUT2D eigenvalue weighted by molar-refractivity contribution is 7.99. The molecule has 4 rings (SSSR count). The minimum absolute atomic E-state index is 0.209. The zero-order chi connectivity index (χ0) is 21.4. The number of thioether (sulfide) groups is 1. The number of aliphatic hydroxyl groups excluding tert-OH is 1. The van der Waals surface area contributed by atoms with Crippen LogP contribution in [0, 0.1) is 11.3 Å². The third-order valence-corrected chi connectivity index (χ3v) is 7.44. The van der Waals surface area contributed by atoms with Crippen molar-refractivity contribution >= 4 is 52.0 Å². The summed E-state index contributed by atoms with van der Waals surface area (Å²) in [6.07, 6.45) is -0.0806. The molecule has 0 aliphatic carbocycles. The van der Waals surface area contributed by atoms with Crippen molar-refractivity contribution in [2.75, 3.05) is 6.61 Å². The molecular weight excluding hydrogens is 469 g/mol. The van der Waals surface area contributed by atoms with E-state index in [4.69, 9.17) is 49.5 Å². The number of aromatic nitrogens is 1. The Bertz CT molecular complexity index is 1010. The molecule has 30 heavy (non-hydrogen) atoms. The van der Waals surface area contributed by atoms with Gasteiger partial charge in [0.25, 0.3) is 0 Å². The first-order chi connectivity index (χ1) is 14.4. The predicted molar refractivity (Wildman–Crippen MR) is 116 cm³/mol. The van der Waals surface area contributed by atoms with E-state index in [0.29, 0.717) is 33.1 Å². The standard InChI is InChI=1S/C18H17Cl2N5O3S2/c19-10-3-9(2-1-8(10)4-21)30-18-15(26)14(16-12(28-18)6-27-16)25(23)5-11(22)17-24-13(20)7-29-17/h1-3,5,7,12,14-16,18,26H,6,22-23H2/b11-5-. The van der Waals surface area contributed by atoms with E-state index in [1.54, 1.807) is 23.6 Å². The minimum Gasteiger partial charge on any atom is -0.395 e. The van der Waals surface area contributed by atoms with Crippen LogP contribution in [0.2, 0.25) is 10.2 Å². The molecule has 2 saturated heterocycles. The van der Waals surface area contributed by atoms with Crippen LogP contribution < -0.4 is 11.6 Å². The maximum absolute atomic E-state index is 11.0. The van der Waals surface area contributed by atoms with Gasteiger partial charge in [-0.3, -0.25) is 0 Å². The fraction of sp³-hybridized carbons (Fsp3) is 0.333. The van der Waals surface area contributed by atoms with Crippen molar-refractivity contribution in [2.45, 2.75) is 34.7 Å². The van der Waals surface area contributed by atoms with Gasteiger partial charge in [0, 0.05) is 16.5 Å². The monoisotopic (exact) mass is 485 g/mol. The van der Waals surface area contributed by atoms with Gasteiger partial charge in [0.2, 0.25) is 0 Å². The van der Waals surface area contributed by atoms with E-state index in [0.717, 1.165) is 4.90 Å². The highest BCUT2D eigenvalue weighted by Gasteiger charge is 2.52. The zero-order valence-electron chi connectivity index (χ0n) is 15.3. The van der Waals surface area contributed by atoms with Gasteiger partial charge in [0.15, 0.2) is 0 Å². The van der Waals surface area contributed by atoms with Crippen LogP contribution in [0.1, 0.15) is 10.6 Å². The van der Waals surface area contributed by atoms with E-state index >= 15 is 0 Å². The first-order valence-corrected chi connectivity index (χ1v) is 11.3. The molecule has 0 radical (unpaired) electrons. The maximum Gasteiger partial charge on any atom is 0.142 e. The van der Waals surface area contributed by atoms with Gasteiger partial charge in [0.1, 0.15) is 46.0 Å². The van der Waals surface area contributed by atoms with Crippen LogP contribution in [-0.2, 0) is 9.47 Å². The first-order valence-electron chi connectivity index (χ1n) is 8.80. The van der Waals surface area contributed by atoms with E-state index in [1.807, 2.05) is 6.07 Å². The summed E-state index contributed by atoms with van der Waals surface area (Å²) in [5, 5.41) is 24.3. The van der Waals surface area contributed by atoms with Gasteiger partial charge in [-0.25, -0.2) is 10.8 Å². The van der Waals surface area contributed by atoms with Gasteiger partial charge in [-0.15, -0.1) is 11.3 Å². The number of ether oxygens (including phenoxy) is 2. The Balaban J connectivity index is 1.53. The van der Waals surface area contributed by atoms with E-state index in [2.05, 4.69) is 4.98 Å². The van der Waals surface area contributed by atoms with Gasteiger partial charge < -0.3 is 25.3 Å². The van der Waals surface area contributed by atoms with Crippen molar-refractivity contribution in [2.24, 2.45) is 11.6 Å². The Morgan fingerprint density at radius 3 is 2.87 bits per heavy atom. The summed E-state index contributed by atoms with van der Waals surface area (Å²) in [6, 6.07) is 6.49. The van der Waals surface area contributed by atoms with Crippen molar-refractivity contribution in [3.8, 4) is 6.07 Å². The molecule has 158 valence electrons. The third-order valence-electron chi connectivity index (χ3n) is 4.76. The van der Waals surface area contributed by atoms with E-state index < -0.39 is 23.7 Å². The first kappa shape index (κ1) is 21.7. The van der Waals surface area contributed by atoms with Gasteiger partial charge in [-0.2, -0.15) is 5.26 Å². The number of nitrogens with two attached hydrogens (primary N) is 2. The molecule has 8 nitrogen and oxygen atoms in total.